The maximum absolute atomic E-state index is 11.9. The van der Waals surface area contributed by atoms with Gasteiger partial charge >= 0.3 is 12.1 Å². The van der Waals surface area contributed by atoms with Crippen LogP contribution in [0.1, 0.15) is 28.8 Å². The lowest BCUT2D eigenvalue weighted by atomic mass is 10.1. The lowest BCUT2D eigenvalue weighted by Gasteiger charge is -2.15. The Labute approximate surface area is 128 Å². The Morgan fingerprint density at radius 1 is 1.32 bits per heavy atom. The summed E-state index contributed by atoms with van der Waals surface area (Å²) in [6.45, 7) is 2.18. The molecule has 1 aromatic carbocycles. The minimum absolute atomic E-state index is 0.117. The van der Waals surface area contributed by atoms with Crippen LogP contribution in [0.15, 0.2) is 18.2 Å². The zero-order valence-corrected chi connectivity index (χ0v) is 12.9. The van der Waals surface area contributed by atoms with Crippen molar-refractivity contribution in [3.63, 3.8) is 0 Å². The number of hydrogen-bond donors (Lipinski definition) is 2. The number of anilines is 1. The number of carboxylic acid groups (broad SMARTS) is 1. The highest BCUT2D eigenvalue weighted by molar-refractivity contribution is 5.94. The molecule has 0 aliphatic carbocycles. The number of hydrogen-bond acceptors (Lipinski definition) is 4. The Balaban J connectivity index is 2.53. The molecule has 0 aliphatic heterocycles. The smallest absolute Gasteiger partial charge is 0.409 e. The Morgan fingerprint density at radius 2 is 2.00 bits per heavy atom. The Morgan fingerprint density at radius 3 is 2.59 bits per heavy atom. The Bertz CT molecular complexity index is 571. The molecule has 22 heavy (non-hydrogen) atoms. The summed E-state index contributed by atoms with van der Waals surface area (Å²) in [6, 6.07) is 4.55. The molecule has 1 aromatic rings. The van der Waals surface area contributed by atoms with Gasteiger partial charge < -0.3 is 20.1 Å². The van der Waals surface area contributed by atoms with Crippen LogP contribution in [0, 0.1) is 6.92 Å². The Kier molecular flexibility index (Phi) is 6.37. The van der Waals surface area contributed by atoms with Gasteiger partial charge in [-0.25, -0.2) is 9.59 Å². The van der Waals surface area contributed by atoms with E-state index in [9.17, 15) is 14.4 Å². The number of nitrogens with zero attached hydrogens (tertiary/aromatic N) is 1. The van der Waals surface area contributed by atoms with Crippen LogP contribution in [-0.4, -0.2) is 48.7 Å². The Hall–Kier alpha value is -2.57. The molecular weight excluding hydrogens is 288 g/mol. The number of carbonyl (C=O) groups excluding carboxylic acids is 2. The minimum atomic E-state index is -1.05. The van der Waals surface area contributed by atoms with Crippen LogP contribution in [0.25, 0.3) is 0 Å². The number of carboxylic acids is 1. The largest absolute Gasteiger partial charge is 0.478 e. The second kappa shape index (κ2) is 8.02. The lowest BCUT2D eigenvalue weighted by Crippen LogP contribution is -2.28. The van der Waals surface area contributed by atoms with Crippen molar-refractivity contribution in [2.45, 2.75) is 19.8 Å². The van der Waals surface area contributed by atoms with E-state index >= 15 is 0 Å². The van der Waals surface area contributed by atoms with Crippen molar-refractivity contribution in [1.82, 2.24) is 4.90 Å². The molecule has 2 amide bonds. The molecule has 0 atom stereocenters. The summed E-state index contributed by atoms with van der Waals surface area (Å²) in [6.07, 6.45) is 0.248. The quantitative estimate of drug-likeness (QED) is 0.839. The number of aromatic carboxylic acids is 1. The zero-order chi connectivity index (χ0) is 16.7. The highest BCUT2D eigenvalue weighted by Crippen LogP contribution is 2.17. The van der Waals surface area contributed by atoms with Gasteiger partial charge in [-0.2, -0.15) is 0 Å². The summed E-state index contributed by atoms with van der Waals surface area (Å²) in [5.74, 6) is -1.28. The third kappa shape index (κ3) is 5.08. The first-order valence-corrected chi connectivity index (χ1v) is 6.78. The fourth-order valence-electron chi connectivity index (χ4n) is 1.83. The molecule has 120 valence electrons. The van der Waals surface area contributed by atoms with Crippen molar-refractivity contribution in [1.29, 1.82) is 0 Å². The summed E-state index contributed by atoms with van der Waals surface area (Å²) < 4.78 is 4.55. The fraction of sp³-hybridized carbons (Fsp3) is 0.400. The number of carbonyl (C=O) groups is 3. The van der Waals surface area contributed by atoms with E-state index < -0.39 is 12.1 Å². The van der Waals surface area contributed by atoms with E-state index in [0.29, 0.717) is 18.7 Å². The first kappa shape index (κ1) is 17.5. The first-order chi connectivity index (χ1) is 10.3. The minimum Gasteiger partial charge on any atom is -0.478 e. The van der Waals surface area contributed by atoms with Crippen LogP contribution >= 0.6 is 0 Å². The third-order valence-electron chi connectivity index (χ3n) is 3.14. The molecule has 0 saturated carbocycles. The zero-order valence-electron chi connectivity index (χ0n) is 12.9. The van der Waals surface area contributed by atoms with Gasteiger partial charge in [0, 0.05) is 25.7 Å². The second-order valence-corrected chi connectivity index (χ2v) is 4.88. The molecule has 0 saturated heterocycles. The third-order valence-corrected chi connectivity index (χ3v) is 3.14. The summed E-state index contributed by atoms with van der Waals surface area (Å²) in [7, 11) is 2.88. The molecule has 0 bridgehead atoms. The van der Waals surface area contributed by atoms with Crippen LogP contribution in [0.4, 0.5) is 10.5 Å². The molecule has 0 unspecified atom stereocenters. The van der Waals surface area contributed by atoms with Crippen LogP contribution in [0.2, 0.25) is 0 Å². The molecule has 2 N–H and O–H groups in total. The SMILES string of the molecule is COC(=O)N(C)CCCC(=O)Nc1cc(C(=O)O)ccc1C. The summed E-state index contributed by atoms with van der Waals surface area (Å²) >= 11 is 0. The summed E-state index contributed by atoms with van der Waals surface area (Å²) in [5.41, 5.74) is 1.38. The molecule has 0 radical (unpaired) electrons. The van der Waals surface area contributed by atoms with Crippen molar-refractivity contribution in [2.24, 2.45) is 0 Å². The van der Waals surface area contributed by atoms with Crippen LogP contribution < -0.4 is 5.32 Å². The predicted octanol–water partition coefficient (Wildman–Crippen LogP) is 2.11. The van der Waals surface area contributed by atoms with Crippen LogP contribution in [-0.2, 0) is 9.53 Å². The molecule has 0 aromatic heterocycles. The number of benzene rings is 1. The van der Waals surface area contributed by atoms with Gasteiger partial charge in [-0.1, -0.05) is 6.07 Å². The molecular formula is C15H20N2O5. The van der Waals surface area contributed by atoms with E-state index in [1.165, 1.54) is 24.1 Å². The number of amides is 2. The van der Waals surface area contributed by atoms with E-state index in [0.717, 1.165) is 5.56 Å². The van der Waals surface area contributed by atoms with Crippen molar-refractivity contribution in [2.75, 3.05) is 26.0 Å². The van der Waals surface area contributed by atoms with Crippen molar-refractivity contribution >= 4 is 23.7 Å². The monoisotopic (exact) mass is 308 g/mol. The van der Waals surface area contributed by atoms with Crippen LogP contribution in [0.3, 0.4) is 0 Å². The molecule has 0 spiro atoms. The van der Waals surface area contributed by atoms with Crippen molar-refractivity contribution < 1.29 is 24.2 Å². The molecule has 0 aliphatic rings. The summed E-state index contributed by atoms with van der Waals surface area (Å²) in [4.78, 5) is 35.4. The van der Waals surface area contributed by atoms with E-state index in [1.54, 1.807) is 20.0 Å². The van der Waals surface area contributed by atoms with E-state index in [2.05, 4.69) is 10.1 Å². The fourth-order valence-corrected chi connectivity index (χ4v) is 1.83. The van der Waals surface area contributed by atoms with Gasteiger partial charge in [0.1, 0.15) is 0 Å². The number of nitrogens with one attached hydrogen (secondary N) is 1. The van der Waals surface area contributed by atoms with Crippen molar-refractivity contribution in [3.8, 4) is 0 Å². The number of ether oxygens (including phenoxy) is 1. The van der Waals surface area contributed by atoms with Crippen LogP contribution in [0.5, 0.6) is 0 Å². The molecule has 0 fully saturated rings. The topological polar surface area (TPSA) is 95.9 Å². The number of methoxy groups -OCH3 is 1. The van der Waals surface area contributed by atoms with E-state index in [-0.39, 0.29) is 17.9 Å². The number of aryl methyl sites for hydroxylation is 1. The first-order valence-electron chi connectivity index (χ1n) is 6.78. The lowest BCUT2D eigenvalue weighted by molar-refractivity contribution is -0.116. The van der Waals surface area contributed by atoms with Gasteiger partial charge in [-0.3, -0.25) is 4.79 Å². The van der Waals surface area contributed by atoms with Gasteiger partial charge in [0.25, 0.3) is 0 Å². The molecule has 1 rings (SSSR count). The van der Waals surface area contributed by atoms with Gasteiger partial charge in [-0.15, -0.1) is 0 Å². The van der Waals surface area contributed by atoms with Gasteiger partial charge in [0.05, 0.1) is 12.7 Å². The normalized spacial score (nSPS) is 9.95. The van der Waals surface area contributed by atoms with E-state index in [1.807, 2.05) is 0 Å². The van der Waals surface area contributed by atoms with Crippen molar-refractivity contribution in [3.05, 3.63) is 29.3 Å². The highest BCUT2D eigenvalue weighted by atomic mass is 16.5. The maximum Gasteiger partial charge on any atom is 0.409 e. The molecule has 7 nitrogen and oxygen atoms in total. The standard InChI is InChI=1S/C15H20N2O5/c1-10-6-7-11(14(19)20)9-12(10)16-13(18)5-4-8-17(2)15(21)22-3/h6-7,9H,4-5,8H2,1-3H3,(H,16,18)(H,19,20). The average Bonchev–Trinajstić information content (AvgIpc) is 2.48. The van der Waals surface area contributed by atoms with E-state index in [4.69, 9.17) is 5.11 Å². The predicted molar refractivity (Wildman–Crippen MR) is 81.0 cm³/mol. The summed E-state index contributed by atoms with van der Waals surface area (Å²) in [5, 5.41) is 11.6. The van der Waals surface area contributed by atoms with Gasteiger partial charge in [0.15, 0.2) is 0 Å². The average molecular weight is 308 g/mol. The van der Waals surface area contributed by atoms with Gasteiger partial charge in [0.2, 0.25) is 5.91 Å². The number of rotatable bonds is 6. The maximum atomic E-state index is 11.9. The molecule has 0 heterocycles. The highest BCUT2D eigenvalue weighted by Gasteiger charge is 2.11. The van der Waals surface area contributed by atoms with Gasteiger partial charge in [-0.05, 0) is 31.0 Å². The second-order valence-electron chi connectivity index (χ2n) is 4.88. The molecule has 7 heteroatoms.